The van der Waals surface area contributed by atoms with Gasteiger partial charge in [0.2, 0.25) is 11.8 Å². The molecular formula is C19H33N3O3. The number of rotatable bonds is 6. The molecule has 0 spiro atoms. The average Bonchev–Trinajstić information content (AvgIpc) is 3.16. The summed E-state index contributed by atoms with van der Waals surface area (Å²) in [5.74, 6) is 0.790. The Hall–Kier alpha value is -1.14. The van der Waals surface area contributed by atoms with Gasteiger partial charge in [0.05, 0.1) is 12.5 Å². The van der Waals surface area contributed by atoms with Crippen LogP contribution in [0, 0.1) is 5.92 Å². The maximum atomic E-state index is 12.7. The van der Waals surface area contributed by atoms with Crippen molar-refractivity contribution in [3.63, 3.8) is 0 Å². The fourth-order valence-electron chi connectivity index (χ4n) is 4.47. The van der Waals surface area contributed by atoms with Crippen molar-refractivity contribution >= 4 is 11.8 Å². The molecule has 0 aromatic rings. The highest BCUT2D eigenvalue weighted by Gasteiger charge is 2.37. The van der Waals surface area contributed by atoms with Gasteiger partial charge in [-0.05, 0) is 38.0 Å². The van der Waals surface area contributed by atoms with Crippen molar-refractivity contribution in [3.8, 4) is 0 Å². The molecule has 0 bridgehead atoms. The zero-order valence-corrected chi connectivity index (χ0v) is 15.5. The highest BCUT2D eigenvalue weighted by Crippen LogP contribution is 2.27. The average molecular weight is 351 g/mol. The molecule has 0 aromatic carbocycles. The van der Waals surface area contributed by atoms with Crippen molar-refractivity contribution in [2.24, 2.45) is 5.92 Å². The monoisotopic (exact) mass is 351 g/mol. The topological polar surface area (TPSA) is 61.9 Å². The zero-order chi connectivity index (χ0) is 17.6. The smallest absolute Gasteiger partial charge is 0.237 e. The molecule has 3 rings (SSSR count). The van der Waals surface area contributed by atoms with E-state index in [0.29, 0.717) is 24.9 Å². The summed E-state index contributed by atoms with van der Waals surface area (Å²) in [6.45, 7) is 4.06. The SMILES string of the molecule is CN(CCC1CCOCC1)C(=O)CC1C(=O)NCCN1C1CCCC1. The van der Waals surface area contributed by atoms with Crippen LogP contribution in [0.2, 0.25) is 0 Å². The summed E-state index contributed by atoms with van der Waals surface area (Å²) in [5.41, 5.74) is 0. The summed E-state index contributed by atoms with van der Waals surface area (Å²) in [6.07, 6.45) is 8.37. The van der Waals surface area contributed by atoms with Gasteiger partial charge >= 0.3 is 0 Å². The van der Waals surface area contributed by atoms with E-state index in [9.17, 15) is 9.59 Å². The lowest BCUT2D eigenvalue weighted by atomic mass is 9.96. The van der Waals surface area contributed by atoms with Gasteiger partial charge < -0.3 is 15.0 Å². The minimum Gasteiger partial charge on any atom is -0.381 e. The lowest BCUT2D eigenvalue weighted by Gasteiger charge is -2.39. The summed E-state index contributed by atoms with van der Waals surface area (Å²) in [4.78, 5) is 29.2. The van der Waals surface area contributed by atoms with E-state index in [-0.39, 0.29) is 17.9 Å². The molecule has 6 heteroatoms. The minimum atomic E-state index is -0.283. The molecule has 25 heavy (non-hydrogen) atoms. The molecule has 2 aliphatic heterocycles. The van der Waals surface area contributed by atoms with Gasteiger partial charge in [-0.15, -0.1) is 0 Å². The molecule has 0 aromatic heterocycles. The Morgan fingerprint density at radius 1 is 1.24 bits per heavy atom. The normalized spacial score (nSPS) is 26.6. The molecule has 2 heterocycles. The summed E-state index contributed by atoms with van der Waals surface area (Å²) in [7, 11) is 1.88. The molecule has 1 saturated carbocycles. The predicted octanol–water partition coefficient (Wildman–Crippen LogP) is 1.39. The second kappa shape index (κ2) is 8.99. The van der Waals surface area contributed by atoms with Crippen LogP contribution >= 0.6 is 0 Å². The minimum absolute atomic E-state index is 0.0318. The van der Waals surface area contributed by atoms with Crippen LogP contribution in [-0.4, -0.2) is 73.6 Å². The molecule has 142 valence electrons. The standard InChI is InChI=1S/C19H33N3O3/c1-21(10-6-15-7-12-25-13-8-15)18(23)14-17-19(24)20-9-11-22(17)16-4-2-3-5-16/h15-17H,2-14H2,1H3,(H,20,24). The van der Waals surface area contributed by atoms with Crippen LogP contribution in [0.3, 0.4) is 0 Å². The van der Waals surface area contributed by atoms with E-state index >= 15 is 0 Å². The van der Waals surface area contributed by atoms with Crippen molar-refractivity contribution < 1.29 is 14.3 Å². The Morgan fingerprint density at radius 2 is 1.96 bits per heavy atom. The summed E-state index contributed by atoms with van der Waals surface area (Å²) >= 11 is 0. The molecule has 0 radical (unpaired) electrons. The zero-order valence-electron chi connectivity index (χ0n) is 15.5. The van der Waals surface area contributed by atoms with Crippen molar-refractivity contribution in [1.29, 1.82) is 0 Å². The maximum Gasteiger partial charge on any atom is 0.237 e. The van der Waals surface area contributed by atoms with Gasteiger partial charge in [-0.25, -0.2) is 0 Å². The van der Waals surface area contributed by atoms with Gasteiger partial charge in [0.15, 0.2) is 0 Å². The Bertz CT molecular complexity index is 459. The fourth-order valence-corrected chi connectivity index (χ4v) is 4.47. The van der Waals surface area contributed by atoms with E-state index in [0.717, 1.165) is 58.4 Å². The number of piperazine rings is 1. The van der Waals surface area contributed by atoms with E-state index < -0.39 is 0 Å². The van der Waals surface area contributed by atoms with Gasteiger partial charge in [0, 0.05) is 45.9 Å². The number of nitrogens with one attached hydrogen (secondary N) is 1. The number of hydrogen-bond donors (Lipinski definition) is 1. The first-order valence-electron chi connectivity index (χ1n) is 10.0. The molecule has 3 aliphatic rings. The lowest BCUT2D eigenvalue weighted by Crippen LogP contribution is -2.59. The first kappa shape index (κ1) is 18.6. The molecule has 2 saturated heterocycles. The lowest BCUT2D eigenvalue weighted by molar-refractivity contribution is -0.139. The number of amides is 2. The largest absolute Gasteiger partial charge is 0.381 e. The van der Waals surface area contributed by atoms with E-state index in [1.807, 2.05) is 11.9 Å². The van der Waals surface area contributed by atoms with Crippen LogP contribution in [0.15, 0.2) is 0 Å². The van der Waals surface area contributed by atoms with Gasteiger partial charge in [-0.3, -0.25) is 14.5 Å². The molecule has 1 aliphatic carbocycles. The fraction of sp³-hybridized carbons (Fsp3) is 0.895. The van der Waals surface area contributed by atoms with Crippen LogP contribution in [-0.2, 0) is 14.3 Å². The first-order chi connectivity index (χ1) is 12.1. The number of hydrogen-bond acceptors (Lipinski definition) is 4. The van der Waals surface area contributed by atoms with Gasteiger partial charge in [-0.2, -0.15) is 0 Å². The van der Waals surface area contributed by atoms with E-state index in [4.69, 9.17) is 4.74 Å². The third-order valence-corrected chi connectivity index (χ3v) is 6.17. The third kappa shape index (κ3) is 4.94. The molecule has 1 unspecified atom stereocenters. The number of carbonyl (C=O) groups is 2. The van der Waals surface area contributed by atoms with Crippen LogP contribution in [0.25, 0.3) is 0 Å². The van der Waals surface area contributed by atoms with Crippen molar-refractivity contribution in [2.75, 3.05) is 39.9 Å². The second-order valence-corrected chi connectivity index (χ2v) is 7.85. The number of carbonyl (C=O) groups excluding carboxylic acids is 2. The Kier molecular flexibility index (Phi) is 6.70. The molecule has 1 atom stereocenters. The van der Waals surface area contributed by atoms with E-state index in [2.05, 4.69) is 10.2 Å². The van der Waals surface area contributed by atoms with Crippen LogP contribution in [0.4, 0.5) is 0 Å². The maximum absolute atomic E-state index is 12.7. The molecule has 2 amide bonds. The van der Waals surface area contributed by atoms with Crippen molar-refractivity contribution in [1.82, 2.24) is 15.1 Å². The van der Waals surface area contributed by atoms with Gasteiger partial charge in [0.25, 0.3) is 0 Å². The Morgan fingerprint density at radius 3 is 2.68 bits per heavy atom. The highest BCUT2D eigenvalue weighted by molar-refractivity contribution is 5.88. The predicted molar refractivity (Wildman–Crippen MR) is 96.2 cm³/mol. The molecular weight excluding hydrogens is 318 g/mol. The van der Waals surface area contributed by atoms with Crippen LogP contribution in [0.1, 0.15) is 51.4 Å². The molecule has 3 fully saturated rings. The first-order valence-corrected chi connectivity index (χ1v) is 10.0. The van der Waals surface area contributed by atoms with Crippen LogP contribution in [0.5, 0.6) is 0 Å². The number of ether oxygens (including phenoxy) is 1. The van der Waals surface area contributed by atoms with Crippen LogP contribution < -0.4 is 5.32 Å². The van der Waals surface area contributed by atoms with E-state index in [1.165, 1.54) is 12.8 Å². The molecule has 1 N–H and O–H groups in total. The third-order valence-electron chi connectivity index (χ3n) is 6.17. The quantitative estimate of drug-likeness (QED) is 0.786. The number of nitrogens with zero attached hydrogens (tertiary/aromatic N) is 2. The van der Waals surface area contributed by atoms with E-state index in [1.54, 1.807) is 0 Å². The molecule has 6 nitrogen and oxygen atoms in total. The van der Waals surface area contributed by atoms with Crippen molar-refractivity contribution in [3.05, 3.63) is 0 Å². The summed E-state index contributed by atoms with van der Waals surface area (Å²) in [5, 5.41) is 2.95. The Labute approximate surface area is 151 Å². The summed E-state index contributed by atoms with van der Waals surface area (Å²) in [6, 6.07) is 0.200. The summed E-state index contributed by atoms with van der Waals surface area (Å²) < 4.78 is 5.40. The second-order valence-electron chi connectivity index (χ2n) is 7.85. The van der Waals surface area contributed by atoms with Gasteiger partial charge in [-0.1, -0.05) is 12.8 Å². The van der Waals surface area contributed by atoms with Crippen molar-refractivity contribution in [2.45, 2.75) is 63.5 Å². The Balaban J connectivity index is 1.50. The highest BCUT2D eigenvalue weighted by atomic mass is 16.5. The van der Waals surface area contributed by atoms with Gasteiger partial charge in [0.1, 0.15) is 0 Å².